The van der Waals surface area contributed by atoms with Gasteiger partial charge in [0.25, 0.3) is 0 Å². The van der Waals surface area contributed by atoms with Gasteiger partial charge in [-0.1, -0.05) is 49.2 Å². The molecule has 19 heavy (non-hydrogen) atoms. The Balaban J connectivity index is 0.00000180. The third-order valence-corrected chi connectivity index (χ3v) is 3.68. The van der Waals surface area contributed by atoms with Gasteiger partial charge >= 0.3 is 18.9 Å². The van der Waals surface area contributed by atoms with Gasteiger partial charge < -0.3 is 4.90 Å². The van der Waals surface area contributed by atoms with Gasteiger partial charge in [0.1, 0.15) is 0 Å². The van der Waals surface area contributed by atoms with Crippen LogP contribution in [0.1, 0.15) is 44.1 Å². The summed E-state index contributed by atoms with van der Waals surface area (Å²) in [4.78, 5) is 2.60. The molecule has 0 bridgehead atoms. The smallest absolute Gasteiger partial charge is 0.450 e. The molecule has 0 unspecified atom stereocenters. The number of unbranched alkanes of at least 4 members (excludes halogenated alkanes) is 1. The van der Waals surface area contributed by atoms with Gasteiger partial charge in [0.15, 0.2) is 0 Å². The van der Waals surface area contributed by atoms with Crippen LogP contribution in [-0.4, -0.2) is 11.4 Å². The molecule has 0 atom stereocenters. The average Bonchev–Trinajstić information content (AvgIpc) is 2.42. The Hall–Kier alpha value is -0.483. The first-order valence-corrected chi connectivity index (χ1v) is 7.14. The van der Waals surface area contributed by atoms with Gasteiger partial charge in [0, 0.05) is 0 Å². The average molecular weight is 249 g/mol. The van der Waals surface area contributed by atoms with Gasteiger partial charge in [-0.25, -0.2) is 0 Å². The van der Waals surface area contributed by atoms with Crippen molar-refractivity contribution in [3.8, 4) is 0 Å². The standard InChI is InChI=1S/C17H24N.Li/c1-2-3-5-12-17-13-8-9-14-18(17)15-16-10-6-4-7-11-16;/h2,4,6-7,10-11H,1,3,5,8-9,12-15H2;/q-1;+1. The van der Waals surface area contributed by atoms with E-state index in [1.165, 1.54) is 44.2 Å². The van der Waals surface area contributed by atoms with E-state index in [1.54, 1.807) is 6.04 Å². The molecule has 0 spiro atoms. The number of hydrogen-bond acceptors (Lipinski definition) is 1. The topological polar surface area (TPSA) is 3.24 Å². The number of allylic oxidation sites excluding steroid dienone is 1. The van der Waals surface area contributed by atoms with Crippen molar-refractivity contribution in [2.75, 3.05) is 6.54 Å². The fourth-order valence-electron chi connectivity index (χ4n) is 2.68. The summed E-state index contributed by atoms with van der Waals surface area (Å²) < 4.78 is 0. The predicted octanol–water partition coefficient (Wildman–Crippen LogP) is 1.56. The van der Waals surface area contributed by atoms with Crippen molar-refractivity contribution in [2.45, 2.75) is 45.1 Å². The molecule has 1 aliphatic heterocycles. The second kappa shape index (κ2) is 9.43. The third kappa shape index (κ3) is 5.57. The first-order valence-electron chi connectivity index (χ1n) is 7.14. The van der Waals surface area contributed by atoms with Crippen LogP contribution in [0.5, 0.6) is 0 Å². The van der Waals surface area contributed by atoms with E-state index in [4.69, 9.17) is 0 Å². The van der Waals surface area contributed by atoms with E-state index in [0.717, 1.165) is 13.0 Å². The van der Waals surface area contributed by atoms with Gasteiger partial charge in [-0.2, -0.15) is 12.8 Å². The molecule has 0 aromatic heterocycles. The molecule has 0 N–H and O–H groups in total. The molecule has 1 aromatic carbocycles. The largest absolute Gasteiger partial charge is 1.00 e. The van der Waals surface area contributed by atoms with E-state index >= 15 is 0 Å². The van der Waals surface area contributed by atoms with Crippen LogP contribution in [0.3, 0.4) is 0 Å². The maximum absolute atomic E-state index is 3.81. The summed E-state index contributed by atoms with van der Waals surface area (Å²) in [6, 6.07) is 12.5. The van der Waals surface area contributed by atoms with Crippen LogP contribution in [0.15, 0.2) is 43.0 Å². The molecule has 2 heteroatoms. The Morgan fingerprint density at radius 1 is 1.21 bits per heavy atom. The summed E-state index contributed by atoms with van der Waals surface area (Å²) in [7, 11) is 0. The van der Waals surface area contributed by atoms with E-state index < -0.39 is 0 Å². The minimum atomic E-state index is 0. The molecule has 98 valence electrons. The Labute approximate surface area is 130 Å². The Morgan fingerprint density at radius 2 is 2.00 bits per heavy atom. The van der Waals surface area contributed by atoms with Crippen LogP contribution in [0.4, 0.5) is 0 Å². The summed E-state index contributed by atoms with van der Waals surface area (Å²) in [6.45, 7) is 6.13. The summed E-state index contributed by atoms with van der Waals surface area (Å²) in [5, 5.41) is 0. The van der Waals surface area contributed by atoms with E-state index in [-0.39, 0.29) is 18.9 Å². The minimum Gasteiger partial charge on any atom is -0.450 e. The van der Waals surface area contributed by atoms with Crippen LogP contribution >= 0.6 is 0 Å². The molecular formula is C17H24LiN. The van der Waals surface area contributed by atoms with Crippen LogP contribution in [-0.2, 0) is 6.54 Å². The molecule has 1 nitrogen and oxygen atoms in total. The Bertz CT molecular complexity index is 350. The molecule has 1 aliphatic rings. The van der Waals surface area contributed by atoms with Crippen molar-refractivity contribution < 1.29 is 18.9 Å². The molecule has 0 aliphatic carbocycles. The number of piperidine rings is 1. The van der Waals surface area contributed by atoms with Gasteiger partial charge in [-0.05, 0) is 31.5 Å². The van der Waals surface area contributed by atoms with Crippen LogP contribution in [0.2, 0.25) is 0 Å². The van der Waals surface area contributed by atoms with Crippen molar-refractivity contribution in [3.05, 3.63) is 54.6 Å². The minimum absolute atomic E-state index is 0. The summed E-state index contributed by atoms with van der Waals surface area (Å²) in [5.41, 5.74) is 1.43. The van der Waals surface area contributed by atoms with E-state index in [2.05, 4.69) is 41.8 Å². The van der Waals surface area contributed by atoms with Crippen LogP contribution < -0.4 is 18.9 Å². The zero-order valence-corrected chi connectivity index (χ0v) is 12.3. The first-order chi connectivity index (χ1) is 8.90. The predicted molar refractivity (Wildman–Crippen MR) is 78.0 cm³/mol. The monoisotopic (exact) mass is 249 g/mol. The van der Waals surface area contributed by atoms with E-state index in [9.17, 15) is 0 Å². The van der Waals surface area contributed by atoms with Crippen LogP contribution in [0.25, 0.3) is 0 Å². The maximum atomic E-state index is 3.81. The fraction of sp³-hybridized carbons (Fsp3) is 0.471. The number of likely N-dealkylation sites (tertiary alicyclic amines) is 1. The molecule has 2 rings (SSSR count). The molecule has 1 aromatic rings. The van der Waals surface area contributed by atoms with E-state index in [0.29, 0.717) is 0 Å². The quantitative estimate of drug-likeness (QED) is 0.320. The van der Waals surface area contributed by atoms with Crippen molar-refractivity contribution in [2.24, 2.45) is 0 Å². The molecule has 1 saturated heterocycles. The fourth-order valence-corrected chi connectivity index (χ4v) is 2.68. The zero-order chi connectivity index (χ0) is 12.6. The molecule has 1 fully saturated rings. The number of benzene rings is 1. The summed E-state index contributed by atoms with van der Waals surface area (Å²) >= 11 is 0. The SMILES string of the molecule is C=CCCC[C-]1CCCCN1Cc1ccccc1.[Li+]. The van der Waals surface area contributed by atoms with Crippen molar-refractivity contribution in [1.82, 2.24) is 4.90 Å². The second-order valence-corrected chi connectivity index (χ2v) is 5.11. The van der Waals surface area contributed by atoms with Crippen molar-refractivity contribution in [1.29, 1.82) is 0 Å². The number of nitrogens with zero attached hydrogens (tertiary/aromatic N) is 1. The molecule has 0 radical (unpaired) electrons. The molecule has 0 saturated carbocycles. The maximum Gasteiger partial charge on any atom is 1.00 e. The van der Waals surface area contributed by atoms with Gasteiger partial charge in [-0.15, -0.1) is 6.58 Å². The van der Waals surface area contributed by atoms with Crippen LogP contribution in [0, 0.1) is 6.04 Å². The molecule has 0 amide bonds. The Kier molecular flexibility index (Phi) is 8.22. The zero-order valence-electron chi connectivity index (χ0n) is 12.3. The first kappa shape index (κ1) is 16.6. The second-order valence-electron chi connectivity index (χ2n) is 5.11. The number of rotatable bonds is 6. The summed E-state index contributed by atoms with van der Waals surface area (Å²) in [5.74, 6) is 0. The van der Waals surface area contributed by atoms with Crippen molar-refractivity contribution >= 4 is 0 Å². The number of hydrogen-bond donors (Lipinski definition) is 0. The normalized spacial score (nSPS) is 16.8. The van der Waals surface area contributed by atoms with E-state index in [1.807, 2.05) is 6.08 Å². The van der Waals surface area contributed by atoms with Gasteiger partial charge in [0.05, 0.1) is 0 Å². The molecule has 1 heterocycles. The Morgan fingerprint density at radius 3 is 2.74 bits per heavy atom. The van der Waals surface area contributed by atoms with Gasteiger partial charge in [0.2, 0.25) is 0 Å². The van der Waals surface area contributed by atoms with Gasteiger partial charge in [-0.3, -0.25) is 6.04 Å². The molecular weight excluding hydrogens is 225 g/mol. The van der Waals surface area contributed by atoms with Crippen molar-refractivity contribution in [3.63, 3.8) is 0 Å². The third-order valence-electron chi connectivity index (χ3n) is 3.68. The summed E-state index contributed by atoms with van der Waals surface area (Å²) in [6.07, 6.45) is 9.69.